The molecule has 1 atom stereocenters. The molecule has 1 N–H and O–H groups in total. The monoisotopic (exact) mass is 227 g/mol. The molecular weight excluding hydrogens is 206 g/mol. The summed E-state index contributed by atoms with van der Waals surface area (Å²) >= 11 is 0. The molecule has 0 heterocycles. The van der Waals surface area contributed by atoms with Gasteiger partial charge < -0.3 is 10.1 Å². The van der Waals surface area contributed by atoms with Crippen molar-refractivity contribution in [1.82, 2.24) is 5.32 Å². The number of rotatable bonds is 4. The van der Waals surface area contributed by atoms with Gasteiger partial charge in [0.25, 0.3) is 5.91 Å². The fraction of sp³-hybridized carbons (Fsp3) is 0.833. The Labute approximate surface area is 96.7 Å². The lowest BCUT2D eigenvalue weighted by molar-refractivity contribution is -0.143. The van der Waals surface area contributed by atoms with E-state index in [0.717, 1.165) is 12.8 Å². The van der Waals surface area contributed by atoms with Crippen molar-refractivity contribution in [2.45, 2.75) is 57.6 Å². The van der Waals surface area contributed by atoms with E-state index < -0.39 is 5.60 Å². The first-order valence-corrected chi connectivity index (χ1v) is 5.89. The fourth-order valence-corrected chi connectivity index (χ4v) is 1.82. The topological polar surface area (TPSA) is 55.4 Å². The normalized spacial score (nSPS) is 21.6. The van der Waals surface area contributed by atoms with E-state index in [0.29, 0.717) is 25.0 Å². The largest absolute Gasteiger partial charge is 0.369 e. The molecule has 0 saturated heterocycles. The Kier molecular flexibility index (Phi) is 4.47. The van der Waals surface area contributed by atoms with Crippen LogP contribution in [0.1, 0.15) is 46.0 Å². The Morgan fingerprint density at radius 3 is 2.50 bits per heavy atom. The van der Waals surface area contributed by atoms with E-state index >= 15 is 0 Å². The Morgan fingerprint density at radius 2 is 2.06 bits per heavy atom. The van der Waals surface area contributed by atoms with Gasteiger partial charge in [-0.15, -0.1) is 0 Å². The molecule has 1 aliphatic rings. The van der Waals surface area contributed by atoms with Crippen LogP contribution in [0.4, 0.5) is 0 Å². The van der Waals surface area contributed by atoms with Gasteiger partial charge >= 0.3 is 0 Å². The molecule has 0 aromatic heterocycles. The average Bonchev–Trinajstić information content (AvgIpc) is 2.31. The van der Waals surface area contributed by atoms with Crippen LogP contribution in [0.25, 0.3) is 0 Å². The van der Waals surface area contributed by atoms with Crippen molar-refractivity contribution in [2.75, 3.05) is 7.11 Å². The standard InChI is InChI=1S/C12H21NO3/c1-4-12(2,16-3)11(15)13-9-5-7-10(14)8-6-9/h9H,4-8H2,1-3H3,(H,13,15). The van der Waals surface area contributed by atoms with Crippen molar-refractivity contribution < 1.29 is 14.3 Å². The summed E-state index contributed by atoms with van der Waals surface area (Å²) in [5, 5.41) is 2.97. The lowest BCUT2D eigenvalue weighted by Gasteiger charge is -2.29. The lowest BCUT2D eigenvalue weighted by Crippen LogP contribution is -2.50. The van der Waals surface area contributed by atoms with E-state index in [2.05, 4.69) is 5.32 Å². The molecule has 4 heteroatoms. The van der Waals surface area contributed by atoms with Crippen LogP contribution in [0, 0.1) is 0 Å². The van der Waals surface area contributed by atoms with Crippen molar-refractivity contribution in [3.8, 4) is 0 Å². The van der Waals surface area contributed by atoms with Crippen molar-refractivity contribution in [3.63, 3.8) is 0 Å². The summed E-state index contributed by atoms with van der Waals surface area (Å²) in [5.41, 5.74) is -0.749. The molecule has 1 fully saturated rings. The van der Waals surface area contributed by atoms with Crippen LogP contribution >= 0.6 is 0 Å². The first kappa shape index (κ1) is 13.2. The SMILES string of the molecule is CCC(C)(OC)C(=O)NC1CCC(=O)CC1. The third-order valence-corrected chi connectivity index (χ3v) is 3.48. The smallest absolute Gasteiger partial charge is 0.252 e. The second-order valence-electron chi connectivity index (χ2n) is 4.57. The highest BCUT2D eigenvalue weighted by Crippen LogP contribution is 2.18. The summed E-state index contributed by atoms with van der Waals surface area (Å²) in [6.07, 6.45) is 3.32. The lowest BCUT2D eigenvalue weighted by atomic mass is 9.93. The molecule has 0 bridgehead atoms. The van der Waals surface area contributed by atoms with Crippen LogP contribution in [-0.2, 0) is 14.3 Å². The number of methoxy groups -OCH3 is 1. The minimum atomic E-state index is -0.749. The van der Waals surface area contributed by atoms with Gasteiger partial charge in [-0.3, -0.25) is 9.59 Å². The van der Waals surface area contributed by atoms with Gasteiger partial charge in [-0.05, 0) is 26.2 Å². The molecule has 1 aliphatic carbocycles. The number of carbonyl (C=O) groups is 2. The Morgan fingerprint density at radius 1 is 1.50 bits per heavy atom. The zero-order valence-corrected chi connectivity index (χ0v) is 10.3. The number of hydrogen-bond donors (Lipinski definition) is 1. The fourth-order valence-electron chi connectivity index (χ4n) is 1.82. The first-order valence-electron chi connectivity index (χ1n) is 5.89. The average molecular weight is 227 g/mol. The van der Waals surface area contributed by atoms with Crippen LogP contribution < -0.4 is 5.32 Å². The van der Waals surface area contributed by atoms with Gasteiger partial charge in [0.15, 0.2) is 0 Å². The highest BCUT2D eigenvalue weighted by molar-refractivity contribution is 5.85. The van der Waals surface area contributed by atoms with Crippen molar-refractivity contribution >= 4 is 11.7 Å². The van der Waals surface area contributed by atoms with E-state index in [1.165, 1.54) is 0 Å². The summed E-state index contributed by atoms with van der Waals surface area (Å²) in [5.74, 6) is 0.229. The van der Waals surface area contributed by atoms with E-state index in [9.17, 15) is 9.59 Å². The molecule has 0 aliphatic heterocycles. The van der Waals surface area contributed by atoms with Crippen LogP contribution in [0.15, 0.2) is 0 Å². The first-order chi connectivity index (χ1) is 7.51. The highest BCUT2D eigenvalue weighted by atomic mass is 16.5. The molecule has 16 heavy (non-hydrogen) atoms. The molecule has 0 radical (unpaired) electrons. The molecule has 0 aromatic rings. The maximum Gasteiger partial charge on any atom is 0.252 e. The molecule has 0 spiro atoms. The van der Waals surface area contributed by atoms with Crippen molar-refractivity contribution in [2.24, 2.45) is 0 Å². The maximum absolute atomic E-state index is 12.0. The minimum absolute atomic E-state index is 0.0724. The number of ether oxygens (including phenoxy) is 1. The minimum Gasteiger partial charge on any atom is -0.369 e. The number of carbonyl (C=O) groups excluding carboxylic acids is 2. The second kappa shape index (κ2) is 5.43. The van der Waals surface area contributed by atoms with Gasteiger partial charge in [-0.2, -0.15) is 0 Å². The summed E-state index contributed by atoms with van der Waals surface area (Å²) < 4.78 is 5.23. The van der Waals surface area contributed by atoms with Crippen LogP contribution in [-0.4, -0.2) is 30.4 Å². The second-order valence-corrected chi connectivity index (χ2v) is 4.57. The van der Waals surface area contributed by atoms with Gasteiger partial charge in [0.05, 0.1) is 0 Å². The summed E-state index contributed by atoms with van der Waals surface area (Å²) in [6, 6.07) is 0.131. The molecule has 0 aromatic carbocycles. The number of nitrogens with one attached hydrogen (secondary N) is 1. The summed E-state index contributed by atoms with van der Waals surface area (Å²) in [6.45, 7) is 3.71. The predicted octanol–water partition coefficient (Wildman–Crippen LogP) is 1.43. The van der Waals surface area contributed by atoms with Gasteiger partial charge in [0.1, 0.15) is 11.4 Å². The maximum atomic E-state index is 12.0. The van der Waals surface area contributed by atoms with Gasteiger partial charge in [0.2, 0.25) is 0 Å². The number of amides is 1. The molecule has 1 saturated carbocycles. The summed E-state index contributed by atoms with van der Waals surface area (Å²) in [7, 11) is 1.55. The Bertz CT molecular complexity index is 261. The van der Waals surface area contributed by atoms with Crippen LogP contribution in [0.3, 0.4) is 0 Å². The van der Waals surface area contributed by atoms with Gasteiger partial charge in [0, 0.05) is 26.0 Å². The van der Waals surface area contributed by atoms with E-state index in [1.54, 1.807) is 14.0 Å². The summed E-state index contributed by atoms with van der Waals surface area (Å²) in [4.78, 5) is 23.0. The molecular formula is C12H21NO3. The third-order valence-electron chi connectivity index (χ3n) is 3.48. The molecule has 92 valence electrons. The van der Waals surface area contributed by atoms with E-state index in [-0.39, 0.29) is 11.9 Å². The Balaban J connectivity index is 2.48. The molecule has 1 unspecified atom stereocenters. The number of ketones is 1. The van der Waals surface area contributed by atoms with Gasteiger partial charge in [-0.25, -0.2) is 0 Å². The van der Waals surface area contributed by atoms with E-state index in [4.69, 9.17) is 4.74 Å². The Hall–Kier alpha value is -0.900. The predicted molar refractivity (Wildman–Crippen MR) is 61.1 cm³/mol. The number of Topliss-reactive ketones (excluding diaryl/α,β-unsaturated/α-hetero) is 1. The molecule has 1 amide bonds. The van der Waals surface area contributed by atoms with Crippen molar-refractivity contribution in [1.29, 1.82) is 0 Å². The number of hydrogen-bond acceptors (Lipinski definition) is 3. The highest BCUT2D eigenvalue weighted by Gasteiger charge is 2.33. The van der Waals surface area contributed by atoms with Crippen LogP contribution in [0.2, 0.25) is 0 Å². The molecule has 4 nitrogen and oxygen atoms in total. The zero-order valence-electron chi connectivity index (χ0n) is 10.3. The van der Waals surface area contributed by atoms with Gasteiger partial charge in [-0.1, -0.05) is 6.92 Å². The third kappa shape index (κ3) is 3.04. The van der Waals surface area contributed by atoms with E-state index in [1.807, 2.05) is 6.92 Å². The van der Waals surface area contributed by atoms with Crippen LogP contribution in [0.5, 0.6) is 0 Å². The zero-order chi connectivity index (χ0) is 12.2. The molecule has 1 rings (SSSR count). The quantitative estimate of drug-likeness (QED) is 0.790. The van der Waals surface area contributed by atoms with Crippen molar-refractivity contribution in [3.05, 3.63) is 0 Å².